The molecular weight excluding hydrogens is 198 g/mol. The van der Waals surface area contributed by atoms with Crippen LogP contribution in [0.3, 0.4) is 0 Å². The van der Waals surface area contributed by atoms with Gasteiger partial charge in [0.1, 0.15) is 0 Å². The Hall–Kier alpha value is -0.120. The molecule has 0 aromatic rings. The van der Waals surface area contributed by atoms with Crippen LogP contribution in [0, 0.1) is 5.92 Å². The van der Waals surface area contributed by atoms with Crippen molar-refractivity contribution in [3.8, 4) is 0 Å². The van der Waals surface area contributed by atoms with Crippen LogP contribution in [-0.4, -0.2) is 61.7 Å². The van der Waals surface area contributed by atoms with Gasteiger partial charge >= 0.3 is 0 Å². The smallest absolute Gasteiger partial charge is 0.0195 e. The second-order valence-corrected chi connectivity index (χ2v) is 5.59. The van der Waals surface area contributed by atoms with Gasteiger partial charge in [-0.2, -0.15) is 0 Å². The fraction of sp³-hybridized carbons (Fsp3) is 1.00. The Morgan fingerprint density at radius 3 is 2.12 bits per heavy atom. The molecule has 0 aromatic heterocycles. The first-order chi connectivity index (χ1) is 7.47. The van der Waals surface area contributed by atoms with Crippen LogP contribution < -0.4 is 5.32 Å². The summed E-state index contributed by atoms with van der Waals surface area (Å²) in [6.45, 7) is 12.9. The lowest BCUT2D eigenvalue weighted by Crippen LogP contribution is -2.58. The molecule has 3 heteroatoms. The van der Waals surface area contributed by atoms with Crippen LogP contribution >= 0.6 is 0 Å². The van der Waals surface area contributed by atoms with Crippen molar-refractivity contribution < 1.29 is 0 Å². The molecule has 96 valence electrons. The average Bonchev–Trinajstić information content (AvgIpc) is 2.24. The molecule has 16 heavy (non-hydrogen) atoms. The van der Waals surface area contributed by atoms with Gasteiger partial charge in [-0.1, -0.05) is 6.92 Å². The summed E-state index contributed by atoms with van der Waals surface area (Å²) in [6, 6.07) is 2.02. The number of rotatable bonds is 4. The molecule has 1 fully saturated rings. The molecule has 0 spiro atoms. The van der Waals surface area contributed by atoms with Crippen molar-refractivity contribution in [2.45, 2.75) is 45.8 Å². The summed E-state index contributed by atoms with van der Waals surface area (Å²) >= 11 is 0. The van der Waals surface area contributed by atoms with Crippen LogP contribution in [0.4, 0.5) is 0 Å². The Labute approximate surface area is 101 Å². The lowest BCUT2D eigenvalue weighted by Gasteiger charge is -2.46. The van der Waals surface area contributed by atoms with Gasteiger partial charge in [0.2, 0.25) is 0 Å². The van der Waals surface area contributed by atoms with Crippen molar-refractivity contribution >= 4 is 0 Å². The molecule has 1 saturated heterocycles. The summed E-state index contributed by atoms with van der Waals surface area (Å²) in [7, 11) is 4.28. The van der Waals surface area contributed by atoms with Gasteiger partial charge in [-0.25, -0.2) is 0 Å². The largest absolute Gasteiger partial charge is 0.319 e. The molecule has 0 radical (unpaired) electrons. The lowest BCUT2D eigenvalue weighted by atomic mass is 9.98. The Morgan fingerprint density at radius 2 is 1.69 bits per heavy atom. The summed E-state index contributed by atoms with van der Waals surface area (Å²) in [5.41, 5.74) is 0. The van der Waals surface area contributed by atoms with E-state index in [1.54, 1.807) is 0 Å². The van der Waals surface area contributed by atoms with Gasteiger partial charge in [-0.3, -0.25) is 9.80 Å². The summed E-state index contributed by atoms with van der Waals surface area (Å²) in [4.78, 5) is 5.14. The maximum absolute atomic E-state index is 3.28. The van der Waals surface area contributed by atoms with Crippen molar-refractivity contribution in [2.75, 3.05) is 33.7 Å². The van der Waals surface area contributed by atoms with E-state index >= 15 is 0 Å². The second-order valence-electron chi connectivity index (χ2n) is 5.59. The first kappa shape index (κ1) is 13.9. The molecule has 1 rings (SSSR count). The van der Waals surface area contributed by atoms with Gasteiger partial charge in [-0.05, 0) is 47.3 Å². The van der Waals surface area contributed by atoms with E-state index < -0.39 is 0 Å². The highest BCUT2D eigenvalue weighted by Gasteiger charge is 2.30. The van der Waals surface area contributed by atoms with Gasteiger partial charge in [-0.15, -0.1) is 0 Å². The third-order valence-electron chi connectivity index (χ3n) is 4.31. The minimum absolute atomic E-state index is 0.672. The van der Waals surface area contributed by atoms with Crippen molar-refractivity contribution in [3.63, 3.8) is 0 Å². The van der Waals surface area contributed by atoms with Crippen LogP contribution in [0.2, 0.25) is 0 Å². The van der Waals surface area contributed by atoms with Crippen LogP contribution in [-0.2, 0) is 0 Å². The number of hydrogen-bond acceptors (Lipinski definition) is 3. The monoisotopic (exact) mass is 227 g/mol. The Kier molecular flexibility index (Phi) is 5.22. The third kappa shape index (κ3) is 3.19. The van der Waals surface area contributed by atoms with Crippen molar-refractivity contribution in [3.05, 3.63) is 0 Å². The maximum atomic E-state index is 3.28. The molecule has 1 aliphatic rings. The van der Waals surface area contributed by atoms with E-state index in [1.807, 2.05) is 7.05 Å². The molecule has 0 bridgehead atoms. The first-order valence-corrected chi connectivity index (χ1v) is 6.58. The Balaban J connectivity index is 2.54. The topological polar surface area (TPSA) is 18.5 Å². The van der Waals surface area contributed by atoms with Crippen LogP contribution in [0.1, 0.15) is 27.7 Å². The molecule has 4 atom stereocenters. The summed E-state index contributed by atoms with van der Waals surface area (Å²) < 4.78 is 0. The van der Waals surface area contributed by atoms with Crippen LogP contribution in [0.15, 0.2) is 0 Å². The zero-order valence-electron chi connectivity index (χ0n) is 11.8. The van der Waals surface area contributed by atoms with Gasteiger partial charge in [0.25, 0.3) is 0 Å². The van der Waals surface area contributed by atoms with E-state index in [0.717, 1.165) is 6.54 Å². The number of nitrogens with zero attached hydrogens (tertiary/aromatic N) is 2. The molecule has 1 N–H and O–H groups in total. The zero-order valence-corrected chi connectivity index (χ0v) is 11.8. The predicted molar refractivity (Wildman–Crippen MR) is 70.8 cm³/mol. The highest BCUT2D eigenvalue weighted by molar-refractivity contribution is 4.86. The zero-order chi connectivity index (χ0) is 12.3. The number of likely N-dealkylation sites (N-methyl/N-ethyl adjacent to an activating group) is 1. The summed E-state index contributed by atoms with van der Waals surface area (Å²) in [5.74, 6) is 0.716. The number of hydrogen-bond donors (Lipinski definition) is 1. The lowest BCUT2D eigenvalue weighted by molar-refractivity contribution is 0.0243. The number of nitrogens with one attached hydrogen (secondary N) is 1. The standard InChI is InChI=1S/C13H29N3/c1-10(7-14-5)13(4)16-8-11(2)15(6)12(3)9-16/h10-14H,7-9H2,1-6H3. The molecule has 3 nitrogen and oxygen atoms in total. The van der Waals surface area contributed by atoms with Crippen LogP contribution in [0.5, 0.6) is 0 Å². The van der Waals surface area contributed by atoms with E-state index in [4.69, 9.17) is 0 Å². The van der Waals surface area contributed by atoms with E-state index in [-0.39, 0.29) is 0 Å². The fourth-order valence-electron chi connectivity index (χ4n) is 2.63. The molecule has 0 saturated carbocycles. The van der Waals surface area contributed by atoms with Crippen molar-refractivity contribution in [2.24, 2.45) is 5.92 Å². The minimum atomic E-state index is 0.672. The second kappa shape index (κ2) is 5.99. The third-order valence-corrected chi connectivity index (χ3v) is 4.31. The predicted octanol–water partition coefficient (Wildman–Crippen LogP) is 1.25. The SMILES string of the molecule is CNCC(C)C(C)N1CC(C)N(C)C(C)C1. The van der Waals surface area contributed by atoms with Crippen LogP contribution in [0.25, 0.3) is 0 Å². The highest BCUT2D eigenvalue weighted by atomic mass is 15.3. The molecular formula is C13H29N3. The molecule has 0 aliphatic carbocycles. The van der Waals surface area contributed by atoms with Gasteiger partial charge in [0, 0.05) is 31.2 Å². The maximum Gasteiger partial charge on any atom is 0.0195 e. The van der Waals surface area contributed by atoms with E-state index in [1.165, 1.54) is 13.1 Å². The van der Waals surface area contributed by atoms with E-state index in [0.29, 0.717) is 24.0 Å². The fourth-order valence-corrected chi connectivity index (χ4v) is 2.63. The van der Waals surface area contributed by atoms with Gasteiger partial charge < -0.3 is 5.32 Å². The van der Waals surface area contributed by atoms with Gasteiger partial charge in [0.15, 0.2) is 0 Å². The van der Waals surface area contributed by atoms with E-state index in [2.05, 4.69) is 49.9 Å². The molecule has 0 aromatic carbocycles. The normalized spacial score (nSPS) is 32.6. The molecule has 4 unspecified atom stereocenters. The quantitative estimate of drug-likeness (QED) is 0.780. The Bertz CT molecular complexity index is 195. The highest BCUT2D eigenvalue weighted by Crippen LogP contribution is 2.19. The average molecular weight is 227 g/mol. The van der Waals surface area contributed by atoms with Gasteiger partial charge in [0.05, 0.1) is 0 Å². The minimum Gasteiger partial charge on any atom is -0.319 e. The van der Waals surface area contributed by atoms with E-state index in [9.17, 15) is 0 Å². The summed E-state index contributed by atoms with van der Waals surface area (Å²) in [5, 5.41) is 3.28. The molecule has 0 amide bonds. The Morgan fingerprint density at radius 1 is 1.19 bits per heavy atom. The van der Waals surface area contributed by atoms with Crippen molar-refractivity contribution in [1.82, 2.24) is 15.1 Å². The van der Waals surface area contributed by atoms with Crippen molar-refractivity contribution in [1.29, 1.82) is 0 Å². The molecule has 1 heterocycles. The summed E-state index contributed by atoms with van der Waals surface area (Å²) in [6.07, 6.45) is 0. The number of piperazine rings is 1. The first-order valence-electron chi connectivity index (χ1n) is 6.58. The molecule has 1 aliphatic heterocycles.